The minimum atomic E-state index is 0.775. The highest BCUT2D eigenvalue weighted by Crippen LogP contribution is 2.28. The molecule has 0 radical (unpaired) electrons. The summed E-state index contributed by atoms with van der Waals surface area (Å²) >= 11 is 0. The summed E-state index contributed by atoms with van der Waals surface area (Å²) in [6.45, 7) is 2.65. The van der Waals surface area contributed by atoms with Gasteiger partial charge in [0.25, 0.3) is 0 Å². The van der Waals surface area contributed by atoms with Gasteiger partial charge in [0.2, 0.25) is 0 Å². The van der Waals surface area contributed by atoms with Crippen molar-refractivity contribution in [3.63, 3.8) is 0 Å². The molecule has 0 aromatic heterocycles. The lowest BCUT2D eigenvalue weighted by molar-refractivity contribution is 0.100. The zero-order chi connectivity index (χ0) is 14.5. The highest BCUT2D eigenvalue weighted by atomic mass is 15.2. The predicted molar refractivity (Wildman–Crippen MR) is 89.5 cm³/mol. The van der Waals surface area contributed by atoms with Gasteiger partial charge in [-0.05, 0) is 76.6 Å². The fourth-order valence-electron chi connectivity index (χ4n) is 4.20. The molecule has 3 rings (SSSR count). The predicted octanol–water partition coefficient (Wildman–Crippen LogP) is 3.47. The molecule has 2 fully saturated rings. The lowest BCUT2D eigenvalue weighted by atomic mass is 9.86. The third-order valence-corrected chi connectivity index (χ3v) is 5.64. The van der Waals surface area contributed by atoms with E-state index in [0.29, 0.717) is 0 Å². The monoisotopic (exact) mass is 286 g/mol. The van der Waals surface area contributed by atoms with Crippen LogP contribution in [0.15, 0.2) is 30.3 Å². The molecule has 1 saturated carbocycles. The van der Waals surface area contributed by atoms with Gasteiger partial charge in [-0.2, -0.15) is 0 Å². The summed E-state index contributed by atoms with van der Waals surface area (Å²) in [4.78, 5) is 2.79. The SMILES string of the molecule is CNC1CCC(N2CCC(Cc3ccccc3)CC2)CC1. The number of likely N-dealkylation sites (tertiary alicyclic amines) is 1. The van der Waals surface area contributed by atoms with Crippen LogP contribution in [0.2, 0.25) is 0 Å². The molecule has 1 heterocycles. The smallest absolute Gasteiger partial charge is 0.00964 e. The maximum Gasteiger partial charge on any atom is 0.00964 e. The summed E-state index contributed by atoms with van der Waals surface area (Å²) in [6, 6.07) is 12.7. The van der Waals surface area contributed by atoms with Crippen molar-refractivity contribution in [2.45, 2.75) is 57.0 Å². The van der Waals surface area contributed by atoms with Crippen LogP contribution in [-0.4, -0.2) is 37.1 Å². The Bertz CT molecular complexity index is 401. The number of rotatable bonds is 4. The first kappa shape index (κ1) is 15.1. The highest BCUT2D eigenvalue weighted by molar-refractivity contribution is 5.15. The van der Waals surface area contributed by atoms with Crippen LogP contribution in [0.1, 0.15) is 44.1 Å². The van der Waals surface area contributed by atoms with E-state index in [1.165, 1.54) is 63.6 Å². The molecule has 1 aliphatic heterocycles. The van der Waals surface area contributed by atoms with E-state index in [1.54, 1.807) is 0 Å². The summed E-state index contributed by atoms with van der Waals surface area (Å²) in [7, 11) is 2.11. The number of nitrogens with zero attached hydrogens (tertiary/aromatic N) is 1. The molecule has 21 heavy (non-hydrogen) atoms. The molecule has 0 atom stereocenters. The van der Waals surface area contributed by atoms with E-state index in [0.717, 1.165) is 18.0 Å². The largest absolute Gasteiger partial charge is 0.317 e. The lowest BCUT2D eigenvalue weighted by Crippen LogP contribution is -2.45. The van der Waals surface area contributed by atoms with Crippen molar-refractivity contribution < 1.29 is 0 Å². The fourth-order valence-corrected chi connectivity index (χ4v) is 4.20. The molecule has 0 spiro atoms. The van der Waals surface area contributed by atoms with E-state index in [9.17, 15) is 0 Å². The zero-order valence-corrected chi connectivity index (χ0v) is 13.4. The van der Waals surface area contributed by atoms with E-state index in [2.05, 4.69) is 47.6 Å². The van der Waals surface area contributed by atoms with Crippen molar-refractivity contribution in [2.75, 3.05) is 20.1 Å². The summed E-state index contributed by atoms with van der Waals surface area (Å²) in [5, 5.41) is 3.44. The fraction of sp³-hybridized carbons (Fsp3) is 0.684. The molecular formula is C19H30N2. The van der Waals surface area contributed by atoms with E-state index in [4.69, 9.17) is 0 Å². The van der Waals surface area contributed by atoms with Crippen molar-refractivity contribution >= 4 is 0 Å². The summed E-state index contributed by atoms with van der Waals surface area (Å²) in [6.07, 6.45) is 9.59. The van der Waals surface area contributed by atoms with Crippen LogP contribution in [0.3, 0.4) is 0 Å². The maximum absolute atomic E-state index is 3.44. The van der Waals surface area contributed by atoms with Crippen LogP contribution >= 0.6 is 0 Å². The van der Waals surface area contributed by atoms with Gasteiger partial charge in [0.15, 0.2) is 0 Å². The molecule has 116 valence electrons. The van der Waals surface area contributed by atoms with Crippen molar-refractivity contribution in [2.24, 2.45) is 5.92 Å². The Balaban J connectivity index is 1.43. The third kappa shape index (κ3) is 4.08. The van der Waals surface area contributed by atoms with Gasteiger partial charge in [0.05, 0.1) is 0 Å². The van der Waals surface area contributed by atoms with Crippen LogP contribution in [0, 0.1) is 5.92 Å². The molecule has 1 aromatic carbocycles. The number of nitrogens with one attached hydrogen (secondary N) is 1. The maximum atomic E-state index is 3.44. The third-order valence-electron chi connectivity index (χ3n) is 5.64. The minimum Gasteiger partial charge on any atom is -0.317 e. The number of piperidine rings is 1. The highest BCUT2D eigenvalue weighted by Gasteiger charge is 2.28. The molecule has 1 N–H and O–H groups in total. The minimum absolute atomic E-state index is 0.775. The Kier molecular flexibility index (Phi) is 5.32. The summed E-state index contributed by atoms with van der Waals surface area (Å²) < 4.78 is 0. The van der Waals surface area contributed by atoms with E-state index in [-0.39, 0.29) is 0 Å². The van der Waals surface area contributed by atoms with Crippen molar-refractivity contribution in [3.8, 4) is 0 Å². The van der Waals surface area contributed by atoms with Crippen LogP contribution < -0.4 is 5.32 Å². The second-order valence-electron chi connectivity index (χ2n) is 6.96. The van der Waals surface area contributed by atoms with Gasteiger partial charge >= 0.3 is 0 Å². The Labute approximate surface area is 129 Å². The van der Waals surface area contributed by atoms with Gasteiger partial charge in [-0.3, -0.25) is 0 Å². The quantitative estimate of drug-likeness (QED) is 0.911. The molecule has 1 saturated heterocycles. The zero-order valence-electron chi connectivity index (χ0n) is 13.4. The second-order valence-corrected chi connectivity index (χ2v) is 6.96. The number of benzene rings is 1. The average Bonchev–Trinajstić information content (AvgIpc) is 2.57. The van der Waals surface area contributed by atoms with E-state index < -0.39 is 0 Å². The van der Waals surface area contributed by atoms with Gasteiger partial charge in [-0.1, -0.05) is 30.3 Å². The Morgan fingerprint density at radius 1 is 0.952 bits per heavy atom. The van der Waals surface area contributed by atoms with E-state index in [1.807, 2.05) is 0 Å². The first-order chi connectivity index (χ1) is 10.3. The molecule has 0 amide bonds. The topological polar surface area (TPSA) is 15.3 Å². The van der Waals surface area contributed by atoms with Gasteiger partial charge in [-0.25, -0.2) is 0 Å². The normalized spacial score (nSPS) is 28.6. The van der Waals surface area contributed by atoms with Crippen molar-refractivity contribution in [1.82, 2.24) is 10.2 Å². The van der Waals surface area contributed by atoms with Crippen LogP contribution in [-0.2, 0) is 6.42 Å². The Morgan fingerprint density at radius 3 is 2.24 bits per heavy atom. The first-order valence-electron chi connectivity index (χ1n) is 8.80. The van der Waals surface area contributed by atoms with Crippen molar-refractivity contribution in [3.05, 3.63) is 35.9 Å². The first-order valence-corrected chi connectivity index (χ1v) is 8.80. The molecule has 2 aliphatic rings. The summed E-state index contributed by atoms with van der Waals surface area (Å²) in [5.41, 5.74) is 1.52. The molecule has 2 nitrogen and oxygen atoms in total. The van der Waals surface area contributed by atoms with Gasteiger partial charge < -0.3 is 10.2 Å². The number of hydrogen-bond acceptors (Lipinski definition) is 2. The number of hydrogen-bond donors (Lipinski definition) is 1. The van der Waals surface area contributed by atoms with Crippen LogP contribution in [0.5, 0.6) is 0 Å². The van der Waals surface area contributed by atoms with Crippen LogP contribution in [0.4, 0.5) is 0 Å². The Hall–Kier alpha value is -0.860. The molecule has 0 unspecified atom stereocenters. The lowest BCUT2D eigenvalue weighted by Gasteiger charge is -2.41. The van der Waals surface area contributed by atoms with Crippen molar-refractivity contribution in [1.29, 1.82) is 0 Å². The second kappa shape index (κ2) is 7.42. The van der Waals surface area contributed by atoms with Gasteiger partial charge in [0, 0.05) is 12.1 Å². The van der Waals surface area contributed by atoms with Crippen LogP contribution in [0.25, 0.3) is 0 Å². The molecule has 0 bridgehead atoms. The summed E-state index contributed by atoms with van der Waals surface area (Å²) in [5.74, 6) is 0.900. The average molecular weight is 286 g/mol. The molecular weight excluding hydrogens is 256 g/mol. The van der Waals surface area contributed by atoms with Gasteiger partial charge in [0.1, 0.15) is 0 Å². The molecule has 2 heteroatoms. The van der Waals surface area contributed by atoms with Gasteiger partial charge in [-0.15, -0.1) is 0 Å². The standard InChI is InChI=1S/C19H30N2/c1-20-18-7-9-19(10-8-18)21-13-11-17(12-14-21)15-16-5-3-2-4-6-16/h2-6,17-20H,7-15H2,1H3. The molecule has 1 aromatic rings. The Morgan fingerprint density at radius 2 is 1.62 bits per heavy atom. The molecule has 1 aliphatic carbocycles. The van der Waals surface area contributed by atoms with E-state index >= 15 is 0 Å².